The zero-order valence-corrected chi connectivity index (χ0v) is 14.1. The van der Waals surface area contributed by atoms with Gasteiger partial charge in [-0.3, -0.25) is 19.3 Å². The molecule has 5 nitrogen and oxygen atoms in total. The zero-order chi connectivity index (χ0) is 16.8. The summed E-state index contributed by atoms with van der Waals surface area (Å²) in [5, 5.41) is 3.59. The van der Waals surface area contributed by atoms with E-state index in [0.29, 0.717) is 48.0 Å². The third-order valence-corrected chi connectivity index (χ3v) is 4.38. The van der Waals surface area contributed by atoms with E-state index in [-0.39, 0.29) is 17.7 Å². The van der Waals surface area contributed by atoms with Crippen LogP contribution in [0.5, 0.6) is 0 Å². The lowest BCUT2D eigenvalue weighted by Gasteiger charge is -2.13. The van der Waals surface area contributed by atoms with Crippen molar-refractivity contribution in [3.8, 4) is 0 Å². The minimum Gasteiger partial charge on any atom is -0.326 e. The zero-order valence-electron chi connectivity index (χ0n) is 12.6. The van der Waals surface area contributed by atoms with Crippen molar-refractivity contribution in [3.63, 3.8) is 0 Å². The lowest BCUT2D eigenvalue weighted by Crippen LogP contribution is -2.29. The molecule has 0 saturated carbocycles. The smallest absolute Gasteiger partial charge is 0.229 e. The number of nitrogens with one attached hydrogen (secondary N) is 1. The van der Waals surface area contributed by atoms with Crippen molar-refractivity contribution in [1.29, 1.82) is 0 Å². The van der Waals surface area contributed by atoms with Crippen LogP contribution in [0.4, 0.5) is 5.69 Å². The predicted octanol–water partition coefficient (Wildman–Crippen LogP) is 3.64. The Morgan fingerprint density at radius 1 is 1.04 bits per heavy atom. The normalized spacial score (nSPS) is 14.4. The molecule has 1 aromatic carbocycles. The molecule has 0 aliphatic carbocycles. The van der Waals surface area contributed by atoms with Gasteiger partial charge >= 0.3 is 0 Å². The molecule has 1 N–H and O–H groups in total. The molecular weight excluding hydrogens is 339 g/mol. The lowest BCUT2D eigenvalue weighted by molar-refractivity contribution is -0.138. The van der Waals surface area contributed by atoms with E-state index in [1.807, 2.05) is 0 Å². The molecule has 0 aromatic heterocycles. The number of unbranched alkanes of at least 4 members (excludes halogenated alkanes) is 2. The first-order valence-corrected chi connectivity index (χ1v) is 8.31. The van der Waals surface area contributed by atoms with Gasteiger partial charge in [-0.05, 0) is 31.0 Å². The Morgan fingerprint density at radius 2 is 1.74 bits per heavy atom. The highest BCUT2D eigenvalue weighted by atomic mass is 35.5. The van der Waals surface area contributed by atoms with Gasteiger partial charge in [-0.15, -0.1) is 0 Å². The van der Waals surface area contributed by atoms with E-state index in [2.05, 4.69) is 5.32 Å². The van der Waals surface area contributed by atoms with Crippen LogP contribution >= 0.6 is 23.2 Å². The van der Waals surface area contributed by atoms with Crippen molar-refractivity contribution in [1.82, 2.24) is 4.90 Å². The van der Waals surface area contributed by atoms with Gasteiger partial charge in [0, 0.05) is 31.5 Å². The fourth-order valence-corrected chi connectivity index (χ4v) is 2.70. The first-order valence-electron chi connectivity index (χ1n) is 7.55. The van der Waals surface area contributed by atoms with Crippen LogP contribution in [0.15, 0.2) is 18.2 Å². The van der Waals surface area contributed by atoms with E-state index >= 15 is 0 Å². The molecular formula is C16H18Cl2N2O3. The summed E-state index contributed by atoms with van der Waals surface area (Å²) in [6.07, 6.45) is 3.23. The summed E-state index contributed by atoms with van der Waals surface area (Å²) >= 11 is 11.7. The summed E-state index contributed by atoms with van der Waals surface area (Å²) in [5.74, 6) is -0.281. The molecule has 7 heteroatoms. The van der Waals surface area contributed by atoms with Crippen LogP contribution in [-0.4, -0.2) is 29.2 Å². The Labute approximate surface area is 144 Å². The van der Waals surface area contributed by atoms with E-state index in [4.69, 9.17) is 23.2 Å². The van der Waals surface area contributed by atoms with E-state index in [1.54, 1.807) is 18.2 Å². The number of benzene rings is 1. The number of rotatable bonds is 7. The van der Waals surface area contributed by atoms with Gasteiger partial charge in [0.2, 0.25) is 17.7 Å². The number of nitrogens with zero attached hydrogens (tertiary/aromatic N) is 1. The maximum atomic E-state index is 11.8. The molecule has 0 bridgehead atoms. The minimum absolute atomic E-state index is 0.0904. The van der Waals surface area contributed by atoms with Crippen molar-refractivity contribution < 1.29 is 14.4 Å². The van der Waals surface area contributed by atoms with Crippen molar-refractivity contribution in [3.05, 3.63) is 28.2 Å². The summed E-state index contributed by atoms with van der Waals surface area (Å²) < 4.78 is 0. The van der Waals surface area contributed by atoms with Gasteiger partial charge in [0.25, 0.3) is 0 Å². The minimum atomic E-state index is -0.100. The Morgan fingerprint density at radius 3 is 2.39 bits per heavy atom. The molecule has 1 fully saturated rings. The Hall–Kier alpha value is -1.59. The number of halogens is 2. The number of likely N-dealkylation sites (tertiary alicyclic amines) is 1. The van der Waals surface area contributed by atoms with Crippen LogP contribution in [0.3, 0.4) is 0 Å². The van der Waals surface area contributed by atoms with Crippen LogP contribution in [0, 0.1) is 0 Å². The Bertz CT molecular complexity index is 603. The number of carbonyl (C=O) groups excluding carboxylic acids is 3. The largest absolute Gasteiger partial charge is 0.326 e. The molecule has 23 heavy (non-hydrogen) atoms. The Balaban J connectivity index is 1.64. The molecule has 1 aliphatic rings. The third-order valence-electron chi connectivity index (χ3n) is 3.64. The SMILES string of the molecule is O=C(CCCCCN1C(=O)CCC1=O)Nc1ccc(Cl)c(Cl)c1. The molecule has 124 valence electrons. The van der Waals surface area contributed by atoms with Crippen molar-refractivity contribution in [2.45, 2.75) is 38.5 Å². The van der Waals surface area contributed by atoms with Crippen LogP contribution < -0.4 is 5.32 Å². The molecule has 1 heterocycles. The number of carbonyl (C=O) groups is 3. The number of anilines is 1. The van der Waals surface area contributed by atoms with E-state index in [1.165, 1.54) is 4.90 Å². The average molecular weight is 357 g/mol. The molecule has 1 saturated heterocycles. The maximum absolute atomic E-state index is 11.8. The summed E-state index contributed by atoms with van der Waals surface area (Å²) in [4.78, 5) is 36.0. The summed E-state index contributed by atoms with van der Waals surface area (Å²) in [6.45, 7) is 0.450. The third kappa shape index (κ3) is 5.22. The second kappa shape index (κ2) is 8.31. The van der Waals surface area contributed by atoms with Crippen molar-refractivity contribution in [2.24, 2.45) is 0 Å². The first-order chi connectivity index (χ1) is 11.0. The molecule has 0 radical (unpaired) electrons. The molecule has 0 unspecified atom stereocenters. The van der Waals surface area contributed by atoms with Crippen molar-refractivity contribution in [2.75, 3.05) is 11.9 Å². The molecule has 0 spiro atoms. The van der Waals surface area contributed by atoms with Gasteiger partial charge in [0.05, 0.1) is 10.0 Å². The van der Waals surface area contributed by atoms with Crippen LogP contribution in [0.25, 0.3) is 0 Å². The number of hydrogen-bond acceptors (Lipinski definition) is 3. The van der Waals surface area contributed by atoms with Crippen LogP contribution in [0.2, 0.25) is 10.0 Å². The van der Waals surface area contributed by atoms with Crippen LogP contribution in [0.1, 0.15) is 38.5 Å². The lowest BCUT2D eigenvalue weighted by atomic mass is 10.1. The predicted molar refractivity (Wildman–Crippen MR) is 89.5 cm³/mol. The Kier molecular flexibility index (Phi) is 6.42. The van der Waals surface area contributed by atoms with Gasteiger partial charge in [-0.25, -0.2) is 0 Å². The second-order valence-corrected chi connectivity index (χ2v) is 6.24. The van der Waals surface area contributed by atoms with Gasteiger partial charge in [-0.1, -0.05) is 29.6 Å². The van der Waals surface area contributed by atoms with Gasteiger partial charge in [0.1, 0.15) is 0 Å². The van der Waals surface area contributed by atoms with Gasteiger partial charge in [-0.2, -0.15) is 0 Å². The topological polar surface area (TPSA) is 66.5 Å². The maximum Gasteiger partial charge on any atom is 0.229 e. The van der Waals surface area contributed by atoms with E-state index in [9.17, 15) is 14.4 Å². The van der Waals surface area contributed by atoms with Crippen molar-refractivity contribution >= 4 is 46.6 Å². The molecule has 2 rings (SSSR count). The molecule has 0 atom stereocenters. The molecule has 1 aliphatic heterocycles. The monoisotopic (exact) mass is 356 g/mol. The van der Waals surface area contributed by atoms with E-state index < -0.39 is 0 Å². The summed E-state index contributed by atoms with van der Waals surface area (Å²) in [5.41, 5.74) is 0.609. The first kappa shape index (κ1) is 17.8. The average Bonchev–Trinajstić information content (AvgIpc) is 2.82. The van der Waals surface area contributed by atoms with Gasteiger partial charge < -0.3 is 5.32 Å². The fraction of sp³-hybridized carbons (Fsp3) is 0.438. The summed E-state index contributed by atoms with van der Waals surface area (Å²) in [6, 6.07) is 4.92. The highest BCUT2D eigenvalue weighted by Crippen LogP contribution is 2.25. The number of imide groups is 1. The standard InChI is InChI=1S/C16H18Cl2N2O3/c17-12-6-5-11(10-13(12)18)19-14(21)4-2-1-3-9-20-15(22)7-8-16(20)23/h5-6,10H,1-4,7-9H2,(H,19,21). The number of amides is 3. The number of hydrogen-bond donors (Lipinski definition) is 1. The van der Waals surface area contributed by atoms with E-state index in [0.717, 1.165) is 12.8 Å². The molecule has 3 amide bonds. The highest BCUT2D eigenvalue weighted by molar-refractivity contribution is 6.42. The van der Waals surface area contributed by atoms with Crippen LogP contribution in [-0.2, 0) is 14.4 Å². The summed E-state index contributed by atoms with van der Waals surface area (Å²) in [7, 11) is 0. The quantitative estimate of drug-likeness (QED) is 0.598. The molecule has 1 aromatic rings. The van der Waals surface area contributed by atoms with Gasteiger partial charge in [0.15, 0.2) is 0 Å². The fourth-order valence-electron chi connectivity index (χ4n) is 2.40. The highest BCUT2D eigenvalue weighted by Gasteiger charge is 2.27. The second-order valence-electron chi connectivity index (χ2n) is 5.43.